The van der Waals surface area contributed by atoms with Gasteiger partial charge in [-0.3, -0.25) is 4.79 Å². The summed E-state index contributed by atoms with van der Waals surface area (Å²) in [5.41, 5.74) is 0. The molecule has 0 aliphatic carbocycles. The molecular formula is C30H52O13. The molecular weight excluding hydrogens is 568 g/mol. The lowest BCUT2D eigenvalue weighted by molar-refractivity contribution is -0.371. The second kappa shape index (κ2) is 20.5. The first-order chi connectivity index (χ1) is 20.6. The fourth-order valence-electron chi connectivity index (χ4n) is 5.04. The molecule has 2 saturated heterocycles. The van der Waals surface area contributed by atoms with Gasteiger partial charge >= 0.3 is 5.97 Å². The zero-order valence-corrected chi connectivity index (χ0v) is 25.0. The van der Waals surface area contributed by atoms with Crippen molar-refractivity contribution in [2.24, 2.45) is 0 Å². The van der Waals surface area contributed by atoms with E-state index in [0.717, 1.165) is 57.8 Å². The predicted molar refractivity (Wildman–Crippen MR) is 154 cm³/mol. The molecule has 2 heterocycles. The van der Waals surface area contributed by atoms with Crippen LogP contribution in [-0.2, 0) is 23.7 Å². The first kappa shape index (κ1) is 37.7. The molecule has 2 fully saturated rings. The van der Waals surface area contributed by atoms with Crippen LogP contribution in [0.3, 0.4) is 0 Å². The van der Waals surface area contributed by atoms with Crippen molar-refractivity contribution >= 4 is 5.97 Å². The number of hydrogen-bond acceptors (Lipinski definition) is 12. The van der Waals surface area contributed by atoms with E-state index in [0.29, 0.717) is 6.42 Å². The van der Waals surface area contributed by atoms with Crippen LogP contribution in [0.2, 0.25) is 0 Å². The van der Waals surface area contributed by atoms with Crippen LogP contribution in [0.15, 0.2) is 24.3 Å². The normalized spacial score (nSPS) is 34.2. The lowest BCUT2D eigenvalue weighted by Gasteiger charge is -2.46. The summed E-state index contributed by atoms with van der Waals surface area (Å²) < 4.78 is 22.7. The largest absolute Gasteiger partial charge is 0.481 e. The van der Waals surface area contributed by atoms with Crippen LogP contribution in [-0.4, -0.2) is 128 Å². The van der Waals surface area contributed by atoms with Gasteiger partial charge < -0.3 is 59.8 Å². The minimum atomic E-state index is -1.72. The summed E-state index contributed by atoms with van der Waals surface area (Å²) in [6.45, 7) is 0.551. The van der Waals surface area contributed by atoms with Crippen LogP contribution in [0.1, 0.15) is 77.6 Å². The highest BCUT2D eigenvalue weighted by molar-refractivity contribution is 5.66. The fraction of sp³-hybridized carbons (Fsp3) is 0.833. The minimum Gasteiger partial charge on any atom is -0.481 e. The first-order valence-corrected chi connectivity index (χ1v) is 15.4. The number of carboxylic acids is 1. The summed E-state index contributed by atoms with van der Waals surface area (Å²) >= 11 is 0. The Kier molecular flexibility index (Phi) is 18.0. The molecule has 13 heteroatoms. The van der Waals surface area contributed by atoms with Gasteiger partial charge in [-0.2, -0.15) is 0 Å². The maximum atomic E-state index is 10.7. The number of allylic oxidation sites excluding steroid dienone is 4. The third-order valence-corrected chi connectivity index (χ3v) is 7.68. The summed E-state index contributed by atoms with van der Waals surface area (Å²) in [6.07, 6.45) is 2.64. The number of aliphatic hydroxyl groups is 7. The predicted octanol–water partition coefficient (Wildman–Crippen LogP) is 0.504. The maximum absolute atomic E-state index is 10.7. The summed E-state index contributed by atoms with van der Waals surface area (Å²) in [5.74, 6) is -0.733. The average molecular weight is 621 g/mol. The van der Waals surface area contributed by atoms with Crippen LogP contribution in [0.25, 0.3) is 0 Å². The summed E-state index contributed by atoms with van der Waals surface area (Å²) in [6, 6.07) is 0. The smallest absolute Gasteiger partial charge is 0.303 e. The molecule has 0 aromatic carbocycles. The van der Waals surface area contributed by atoms with Crippen LogP contribution < -0.4 is 0 Å². The molecule has 0 radical (unpaired) electrons. The van der Waals surface area contributed by atoms with Gasteiger partial charge in [0.1, 0.15) is 48.8 Å². The van der Waals surface area contributed by atoms with Gasteiger partial charge in [0, 0.05) is 6.42 Å². The second-order valence-corrected chi connectivity index (χ2v) is 11.3. The highest BCUT2D eigenvalue weighted by Crippen LogP contribution is 2.30. The van der Waals surface area contributed by atoms with E-state index in [1.807, 2.05) is 0 Å². The van der Waals surface area contributed by atoms with Crippen molar-refractivity contribution < 1.29 is 64.6 Å². The van der Waals surface area contributed by atoms with E-state index in [2.05, 4.69) is 24.3 Å². The Morgan fingerprint density at radius 2 is 1.28 bits per heavy atom. The van der Waals surface area contributed by atoms with E-state index in [9.17, 15) is 40.5 Å². The van der Waals surface area contributed by atoms with Crippen molar-refractivity contribution in [2.75, 3.05) is 13.2 Å². The van der Waals surface area contributed by atoms with Crippen molar-refractivity contribution in [3.63, 3.8) is 0 Å². The van der Waals surface area contributed by atoms with E-state index >= 15 is 0 Å². The summed E-state index contributed by atoms with van der Waals surface area (Å²) in [4.78, 5) is 10.5. The minimum absolute atomic E-state index is 0.247. The van der Waals surface area contributed by atoms with Crippen molar-refractivity contribution in [1.29, 1.82) is 0 Å². The first-order valence-electron chi connectivity index (χ1n) is 15.4. The lowest BCUT2D eigenvalue weighted by atomic mass is 9.97. The number of aliphatic carboxylic acids is 1. The lowest BCUT2D eigenvalue weighted by Crippen LogP contribution is -2.64. The highest BCUT2D eigenvalue weighted by atomic mass is 16.8. The molecule has 0 amide bonds. The van der Waals surface area contributed by atoms with Crippen LogP contribution in [0.4, 0.5) is 0 Å². The molecule has 2 aliphatic heterocycles. The average Bonchev–Trinajstić information content (AvgIpc) is 2.98. The second-order valence-electron chi connectivity index (χ2n) is 11.3. The van der Waals surface area contributed by atoms with Crippen molar-refractivity contribution in [1.82, 2.24) is 0 Å². The summed E-state index contributed by atoms with van der Waals surface area (Å²) in [7, 11) is 0. The Labute approximate surface area is 253 Å². The summed E-state index contributed by atoms with van der Waals surface area (Å²) in [5, 5.41) is 79.2. The molecule has 0 saturated carbocycles. The monoisotopic (exact) mass is 620 g/mol. The van der Waals surface area contributed by atoms with Crippen LogP contribution >= 0.6 is 0 Å². The molecule has 13 nitrogen and oxygen atoms in total. The van der Waals surface area contributed by atoms with E-state index in [-0.39, 0.29) is 12.5 Å². The Hall–Kier alpha value is -1.49. The third-order valence-electron chi connectivity index (χ3n) is 7.68. The number of unbranched alkanes of at least 4 members (excludes halogenated alkanes) is 6. The molecule has 43 heavy (non-hydrogen) atoms. The van der Waals surface area contributed by atoms with Gasteiger partial charge in [0.15, 0.2) is 12.6 Å². The van der Waals surface area contributed by atoms with E-state index in [1.165, 1.54) is 0 Å². The number of carbonyl (C=O) groups is 1. The molecule has 0 spiro atoms. The standard InChI is InChI=1S/C30H52O13/c1-19(15-13-11-9-7-5-3-2-4-6-8-10-12-14-16-22(33)34)40-30-28(26(38)24(36)21(18-32)42-30)43-29-27(39)25(37)23(35)20(17-31)41-29/h2-3,7,9,19-21,23-32,35-39H,4-6,8,10-18H2,1H3,(H,33,34)/b3-2-,9-7+. The molecule has 2 aliphatic rings. The molecule has 11 unspecified atom stereocenters. The fourth-order valence-corrected chi connectivity index (χ4v) is 5.04. The van der Waals surface area contributed by atoms with Crippen LogP contribution in [0.5, 0.6) is 0 Å². The number of ether oxygens (including phenoxy) is 4. The number of carboxylic acid groups (broad SMARTS) is 1. The van der Waals surface area contributed by atoms with Crippen molar-refractivity contribution in [3.05, 3.63) is 24.3 Å². The van der Waals surface area contributed by atoms with Gasteiger partial charge in [-0.05, 0) is 51.9 Å². The van der Waals surface area contributed by atoms with Crippen molar-refractivity contribution in [2.45, 2.75) is 145 Å². The van der Waals surface area contributed by atoms with Gasteiger partial charge in [0.25, 0.3) is 0 Å². The zero-order chi connectivity index (χ0) is 31.8. The number of hydrogen-bond donors (Lipinski definition) is 8. The van der Waals surface area contributed by atoms with E-state index < -0.39 is 80.6 Å². The third kappa shape index (κ3) is 12.8. The highest BCUT2D eigenvalue weighted by Gasteiger charge is 2.51. The maximum Gasteiger partial charge on any atom is 0.303 e. The van der Waals surface area contributed by atoms with Gasteiger partial charge in [-0.1, -0.05) is 43.6 Å². The van der Waals surface area contributed by atoms with Gasteiger partial charge in [-0.15, -0.1) is 0 Å². The molecule has 2 rings (SSSR count). The molecule has 0 aromatic rings. The Morgan fingerprint density at radius 3 is 1.91 bits per heavy atom. The quantitative estimate of drug-likeness (QED) is 0.0688. The number of rotatable bonds is 20. The van der Waals surface area contributed by atoms with Crippen LogP contribution in [0, 0.1) is 0 Å². The topological polar surface area (TPSA) is 216 Å². The molecule has 11 atom stereocenters. The van der Waals surface area contributed by atoms with Crippen molar-refractivity contribution in [3.8, 4) is 0 Å². The van der Waals surface area contributed by atoms with Gasteiger partial charge in [0.2, 0.25) is 0 Å². The SMILES string of the molecule is CC(CCC/C=C/C/C=C\CCCCCCCC(=O)O)OC1OC(CO)C(O)C(O)C1OC1OC(CO)C(O)C(O)C1O. The molecule has 0 aromatic heterocycles. The van der Waals surface area contributed by atoms with Gasteiger partial charge in [-0.25, -0.2) is 0 Å². The zero-order valence-electron chi connectivity index (χ0n) is 25.0. The Morgan fingerprint density at radius 1 is 0.721 bits per heavy atom. The van der Waals surface area contributed by atoms with E-state index in [1.54, 1.807) is 6.92 Å². The Balaban J connectivity index is 1.75. The molecule has 0 bridgehead atoms. The number of aliphatic hydroxyl groups excluding tert-OH is 7. The van der Waals surface area contributed by atoms with Gasteiger partial charge in [0.05, 0.1) is 19.3 Å². The Bertz CT molecular complexity index is 822. The molecule has 8 N–H and O–H groups in total. The van der Waals surface area contributed by atoms with E-state index in [4.69, 9.17) is 24.1 Å². The molecule has 250 valence electrons.